The summed E-state index contributed by atoms with van der Waals surface area (Å²) in [6, 6.07) is 9.00. The first-order chi connectivity index (χ1) is 24.8. The minimum absolute atomic E-state index is 0.00351. The first-order valence-corrected chi connectivity index (χ1v) is 20.0. The number of carbonyl (C=O) groups excluding carboxylic acids is 2. The molecule has 10 nitrogen and oxygen atoms in total. The van der Waals surface area contributed by atoms with Crippen molar-refractivity contribution in [1.82, 2.24) is 39.5 Å². The van der Waals surface area contributed by atoms with E-state index >= 15 is 0 Å². The second kappa shape index (κ2) is 14.4. The maximum absolute atomic E-state index is 13.7. The number of fused-ring (bicyclic) bond motifs is 3. The molecule has 0 spiro atoms. The highest BCUT2D eigenvalue weighted by Gasteiger charge is 2.51. The lowest BCUT2D eigenvalue weighted by Crippen LogP contribution is -2.48. The number of nitrogens with zero attached hydrogens (tertiary/aromatic N) is 6. The van der Waals surface area contributed by atoms with E-state index in [1.807, 2.05) is 44.2 Å². The molecule has 3 saturated carbocycles. The third kappa shape index (κ3) is 6.52. The van der Waals surface area contributed by atoms with E-state index in [4.69, 9.17) is 9.97 Å². The summed E-state index contributed by atoms with van der Waals surface area (Å²) in [5.41, 5.74) is 5.24. The van der Waals surface area contributed by atoms with Crippen LogP contribution in [0.15, 0.2) is 36.7 Å². The van der Waals surface area contributed by atoms with Crippen LogP contribution in [0.1, 0.15) is 127 Å². The van der Waals surface area contributed by atoms with Crippen molar-refractivity contribution in [3.8, 4) is 11.3 Å². The van der Waals surface area contributed by atoms with Gasteiger partial charge in [0.05, 0.1) is 36.1 Å². The number of aromatic nitrogens is 4. The fourth-order valence-electron chi connectivity index (χ4n) is 10.6. The molecule has 4 atom stereocenters. The Morgan fingerprint density at radius 3 is 1.63 bits per heavy atom. The van der Waals surface area contributed by atoms with Crippen LogP contribution in [0.2, 0.25) is 0 Å². The monoisotopic (exact) mass is 710 g/mol. The largest absolute Gasteiger partial charge is 0.344 e. The summed E-state index contributed by atoms with van der Waals surface area (Å²) in [5, 5.41) is 0. The van der Waals surface area contributed by atoms with Gasteiger partial charge in [-0.25, -0.2) is 9.97 Å². The minimum Gasteiger partial charge on any atom is -0.344 e. The molecular weight excluding hydrogens is 649 g/mol. The number of carbonyl (C=O) groups is 2. The molecule has 2 saturated heterocycles. The van der Waals surface area contributed by atoms with Crippen LogP contribution in [0.5, 0.6) is 0 Å². The lowest BCUT2D eigenvalue weighted by atomic mass is 9.51. The molecule has 8 rings (SSSR count). The van der Waals surface area contributed by atoms with Crippen LogP contribution < -0.4 is 0 Å². The number of imidazole rings is 2. The lowest BCUT2D eigenvalue weighted by molar-refractivity contribution is -0.139. The Bertz CT molecular complexity index is 1680. The van der Waals surface area contributed by atoms with Gasteiger partial charge in [0.1, 0.15) is 11.6 Å². The molecule has 2 aliphatic heterocycles. The Morgan fingerprint density at radius 2 is 1.15 bits per heavy atom. The average molecular weight is 711 g/mol. The zero-order chi connectivity index (χ0) is 36.9. The molecule has 0 unspecified atom stereocenters. The van der Waals surface area contributed by atoms with Gasteiger partial charge in [-0.05, 0) is 121 Å². The SMILES string of the molecule is CC(C)[C@@H](C(=O)N1CCC[C@H]1c1ncc(-c2ccc(C34CCC(c5cnc([C@@H]6CCCN6C(=O)[C@H](C(C)C)N(C)C)[nH]5)(CC3)CC4)cc2)[nH]1)N(C)C. The van der Waals surface area contributed by atoms with Crippen LogP contribution in [0.3, 0.4) is 0 Å². The second-order valence-corrected chi connectivity index (χ2v) is 17.7. The molecule has 4 heterocycles. The van der Waals surface area contributed by atoms with Crippen LogP contribution in [0, 0.1) is 11.8 Å². The van der Waals surface area contributed by atoms with Crippen molar-refractivity contribution in [1.29, 1.82) is 0 Å². The maximum Gasteiger partial charge on any atom is 0.240 e. The Kier molecular flexibility index (Phi) is 10.2. The minimum atomic E-state index is -0.130. The lowest BCUT2D eigenvalue weighted by Gasteiger charge is -2.53. The number of likely N-dealkylation sites (tertiary alicyclic amines) is 2. The Balaban J connectivity index is 1.01. The van der Waals surface area contributed by atoms with Crippen molar-refractivity contribution in [3.05, 3.63) is 59.6 Å². The van der Waals surface area contributed by atoms with Crippen molar-refractivity contribution in [2.24, 2.45) is 11.8 Å². The van der Waals surface area contributed by atoms with Gasteiger partial charge in [0.15, 0.2) is 0 Å². The fraction of sp³-hybridized carbons (Fsp3) is 0.667. The van der Waals surface area contributed by atoms with Gasteiger partial charge in [-0.2, -0.15) is 0 Å². The molecule has 2 aromatic heterocycles. The van der Waals surface area contributed by atoms with Crippen LogP contribution in [0.25, 0.3) is 11.3 Å². The zero-order valence-electron chi connectivity index (χ0n) is 32.9. The summed E-state index contributed by atoms with van der Waals surface area (Å²) in [6.07, 6.45) is 15.0. The Hall–Kier alpha value is -3.50. The predicted molar refractivity (Wildman–Crippen MR) is 206 cm³/mol. The van der Waals surface area contributed by atoms with Crippen molar-refractivity contribution >= 4 is 11.8 Å². The van der Waals surface area contributed by atoms with Gasteiger partial charge in [0.2, 0.25) is 11.8 Å². The summed E-state index contributed by atoms with van der Waals surface area (Å²) in [4.78, 5) is 52.7. The number of hydrogen-bond acceptors (Lipinski definition) is 6. The zero-order valence-corrected chi connectivity index (χ0v) is 32.9. The third-order valence-electron chi connectivity index (χ3n) is 13.4. The number of benzene rings is 1. The predicted octanol–water partition coefficient (Wildman–Crippen LogP) is 6.84. The molecule has 2 N–H and O–H groups in total. The van der Waals surface area contributed by atoms with E-state index < -0.39 is 0 Å². The van der Waals surface area contributed by atoms with Gasteiger partial charge < -0.3 is 19.8 Å². The molecule has 282 valence electrons. The second-order valence-electron chi connectivity index (χ2n) is 17.7. The van der Waals surface area contributed by atoms with E-state index in [9.17, 15) is 9.59 Å². The summed E-state index contributed by atoms with van der Waals surface area (Å²) < 4.78 is 0. The molecule has 52 heavy (non-hydrogen) atoms. The molecular formula is C42H62N8O2. The fourth-order valence-corrected chi connectivity index (χ4v) is 10.6. The third-order valence-corrected chi connectivity index (χ3v) is 13.4. The summed E-state index contributed by atoms with van der Waals surface area (Å²) >= 11 is 0. The van der Waals surface area contributed by atoms with E-state index in [-0.39, 0.29) is 58.6 Å². The van der Waals surface area contributed by atoms with E-state index in [1.54, 1.807) is 0 Å². The quantitative estimate of drug-likeness (QED) is 0.226. The van der Waals surface area contributed by atoms with E-state index in [1.165, 1.54) is 30.5 Å². The van der Waals surface area contributed by atoms with Crippen molar-refractivity contribution in [3.63, 3.8) is 0 Å². The number of amides is 2. The highest BCUT2D eigenvalue weighted by Crippen LogP contribution is 2.58. The van der Waals surface area contributed by atoms with Gasteiger partial charge >= 0.3 is 0 Å². The standard InChI is InChI=1S/C42H62N8O2/c1-27(2)35(47(5)6)39(51)49-23-9-11-32(49)37-43-25-31(45-37)29-13-15-30(16-14-29)41-17-20-42(21-18-41,22-19-41)34-26-44-38(46-34)33-12-10-24-50(33)40(52)36(28(3)4)48(7)8/h13-16,25-28,32-33,35-36H,9-12,17-24H2,1-8H3,(H,43,45)(H,44,46)/t32-,33-,35-,36-,41?,42?/m0/s1. The van der Waals surface area contributed by atoms with Gasteiger partial charge in [0.25, 0.3) is 0 Å². The molecule has 3 aliphatic carbocycles. The van der Waals surface area contributed by atoms with Crippen LogP contribution >= 0.6 is 0 Å². The number of aromatic amines is 2. The van der Waals surface area contributed by atoms with Crippen molar-refractivity contribution in [2.45, 2.75) is 127 Å². The maximum atomic E-state index is 13.7. The van der Waals surface area contributed by atoms with Crippen molar-refractivity contribution < 1.29 is 9.59 Å². The Labute approximate surface area is 311 Å². The highest BCUT2D eigenvalue weighted by atomic mass is 16.2. The molecule has 5 aliphatic rings. The normalized spacial score (nSPS) is 27.5. The van der Waals surface area contributed by atoms with E-state index in [2.05, 4.69) is 77.9 Å². The van der Waals surface area contributed by atoms with Crippen molar-refractivity contribution in [2.75, 3.05) is 41.3 Å². The number of nitrogens with one attached hydrogen (secondary N) is 2. The topological polar surface area (TPSA) is 104 Å². The molecule has 3 aromatic rings. The average Bonchev–Trinajstić information content (AvgIpc) is 3.95. The number of rotatable bonds is 11. The van der Waals surface area contributed by atoms with E-state index in [0.717, 1.165) is 80.9 Å². The molecule has 5 fully saturated rings. The number of H-pyrrole nitrogens is 2. The molecule has 0 radical (unpaired) electrons. The van der Waals surface area contributed by atoms with Gasteiger partial charge in [-0.3, -0.25) is 19.4 Å². The molecule has 10 heteroatoms. The van der Waals surface area contributed by atoms with Gasteiger partial charge in [-0.15, -0.1) is 0 Å². The summed E-state index contributed by atoms with van der Waals surface area (Å²) in [6.45, 7) is 10.1. The molecule has 2 amide bonds. The van der Waals surface area contributed by atoms with Crippen LogP contribution in [-0.4, -0.2) is 105 Å². The molecule has 1 aromatic carbocycles. The summed E-state index contributed by atoms with van der Waals surface area (Å²) in [5.74, 6) is 2.79. The highest BCUT2D eigenvalue weighted by molar-refractivity contribution is 5.83. The van der Waals surface area contributed by atoms with Crippen LogP contribution in [-0.2, 0) is 20.4 Å². The van der Waals surface area contributed by atoms with Gasteiger partial charge in [-0.1, -0.05) is 52.0 Å². The van der Waals surface area contributed by atoms with E-state index in [0.29, 0.717) is 0 Å². The van der Waals surface area contributed by atoms with Gasteiger partial charge in [0, 0.05) is 30.4 Å². The number of hydrogen-bond donors (Lipinski definition) is 2. The summed E-state index contributed by atoms with van der Waals surface area (Å²) in [7, 11) is 8.02. The van der Waals surface area contributed by atoms with Crippen LogP contribution in [0.4, 0.5) is 0 Å². The molecule has 2 bridgehead atoms. The Morgan fingerprint density at radius 1 is 0.692 bits per heavy atom. The first kappa shape index (κ1) is 36.8. The first-order valence-electron chi connectivity index (χ1n) is 20.0. The smallest absolute Gasteiger partial charge is 0.240 e. The number of likely N-dealkylation sites (N-methyl/N-ethyl adjacent to an activating group) is 2.